The van der Waals surface area contributed by atoms with Crippen molar-refractivity contribution in [2.24, 2.45) is 5.92 Å². The summed E-state index contributed by atoms with van der Waals surface area (Å²) >= 11 is 0. The number of carbonyl (C=O) groups excluding carboxylic acids is 2. The van der Waals surface area contributed by atoms with E-state index in [1.165, 1.54) is 7.11 Å². The first kappa shape index (κ1) is 25.2. The molecule has 0 saturated carbocycles. The molecule has 0 radical (unpaired) electrons. The Hall–Kier alpha value is -3.02. The second kappa shape index (κ2) is 11.0. The summed E-state index contributed by atoms with van der Waals surface area (Å²) in [5, 5.41) is 32.5. The number of aliphatic carboxylic acids is 2. The molecule has 0 aliphatic carbocycles. The van der Waals surface area contributed by atoms with Crippen LogP contribution in [-0.2, 0) is 23.9 Å². The number of esters is 2. The number of hydrogen-bond acceptors (Lipinski definition) is 9. The fraction of sp³-hybridized carbons (Fsp3) is 0.524. The van der Waals surface area contributed by atoms with E-state index in [0.29, 0.717) is 18.0 Å². The molecule has 2 bridgehead atoms. The van der Waals surface area contributed by atoms with Crippen LogP contribution in [0.25, 0.3) is 0 Å². The van der Waals surface area contributed by atoms with E-state index in [9.17, 15) is 19.2 Å². The number of ether oxygens (including phenoxy) is 2. The Bertz CT molecular complexity index is 811. The molecule has 1 aromatic carbocycles. The largest absolute Gasteiger partial charge is 0.479 e. The van der Waals surface area contributed by atoms with Crippen molar-refractivity contribution in [3.05, 3.63) is 35.9 Å². The second-order valence-corrected chi connectivity index (χ2v) is 7.62. The van der Waals surface area contributed by atoms with Crippen molar-refractivity contribution in [1.29, 1.82) is 0 Å². The van der Waals surface area contributed by atoms with Crippen LogP contribution in [0.4, 0.5) is 0 Å². The van der Waals surface area contributed by atoms with E-state index in [4.69, 9.17) is 29.9 Å². The van der Waals surface area contributed by atoms with Gasteiger partial charge in [0.25, 0.3) is 0 Å². The van der Waals surface area contributed by atoms with E-state index in [1.807, 2.05) is 13.1 Å². The standard InChI is InChI=1S/C17H21NO4.C4H6O6/c1-18-12-8-9-13(18)15(17(20)21-2)14(10-12)22-16(19)11-6-4-3-5-7-11;5-1(3(7)8)2(6)4(9)10/h3-7,12-15H,8-10H2,1-2H3;1-2,5-6H,(H,7,8)(H,9,10)/t12-,13+,14-,15-;1-,2-/m01/s1. The molecule has 32 heavy (non-hydrogen) atoms. The molecule has 0 spiro atoms. The van der Waals surface area contributed by atoms with Crippen LogP contribution in [0.1, 0.15) is 29.6 Å². The first-order valence-corrected chi connectivity index (χ1v) is 9.96. The number of aliphatic hydroxyl groups is 2. The lowest BCUT2D eigenvalue weighted by Gasteiger charge is -2.40. The summed E-state index contributed by atoms with van der Waals surface area (Å²) in [6.07, 6.45) is -2.27. The van der Waals surface area contributed by atoms with Gasteiger partial charge in [0.15, 0.2) is 12.2 Å². The van der Waals surface area contributed by atoms with Crippen LogP contribution in [0.3, 0.4) is 0 Å². The molecule has 2 saturated heterocycles. The van der Waals surface area contributed by atoms with Gasteiger partial charge < -0.3 is 29.9 Å². The van der Waals surface area contributed by atoms with Crippen molar-refractivity contribution in [2.75, 3.05) is 14.2 Å². The predicted octanol–water partition coefficient (Wildman–Crippen LogP) is -0.255. The Morgan fingerprint density at radius 3 is 2.06 bits per heavy atom. The summed E-state index contributed by atoms with van der Waals surface area (Å²) in [5.74, 6) is -4.60. The first-order valence-electron chi connectivity index (χ1n) is 9.96. The van der Waals surface area contributed by atoms with Gasteiger partial charge in [0.05, 0.1) is 12.7 Å². The molecule has 11 heteroatoms. The van der Waals surface area contributed by atoms with Crippen LogP contribution < -0.4 is 0 Å². The molecule has 11 nitrogen and oxygen atoms in total. The minimum Gasteiger partial charge on any atom is -0.479 e. The quantitative estimate of drug-likeness (QED) is 0.418. The van der Waals surface area contributed by atoms with Gasteiger partial charge in [0, 0.05) is 18.5 Å². The van der Waals surface area contributed by atoms with Crippen molar-refractivity contribution in [3.8, 4) is 0 Å². The Kier molecular flexibility index (Phi) is 8.70. The number of methoxy groups -OCH3 is 1. The van der Waals surface area contributed by atoms with Gasteiger partial charge in [-0.25, -0.2) is 14.4 Å². The summed E-state index contributed by atoms with van der Waals surface area (Å²) in [6.45, 7) is 0. The number of rotatable bonds is 6. The molecule has 0 amide bonds. The number of fused-ring (bicyclic) bond motifs is 2. The Morgan fingerprint density at radius 2 is 1.56 bits per heavy atom. The van der Waals surface area contributed by atoms with Gasteiger partial charge in [-0.15, -0.1) is 0 Å². The van der Waals surface area contributed by atoms with Gasteiger partial charge in [-0.1, -0.05) is 18.2 Å². The minimum absolute atomic E-state index is 0.0970. The third-order valence-corrected chi connectivity index (χ3v) is 5.76. The maximum Gasteiger partial charge on any atom is 0.338 e. The van der Waals surface area contributed by atoms with Crippen LogP contribution in [0, 0.1) is 5.92 Å². The van der Waals surface area contributed by atoms with E-state index in [2.05, 4.69) is 4.90 Å². The minimum atomic E-state index is -2.27. The smallest absolute Gasteiger partial charge is 0.338 e. The third kappa shape index (κ3) is 5.81. The van der Waals surface area contributed by atoms with Crippen molar-refractivity contribution < 1.29 is 49.1 Å². The zero-order valence-electron chi connectivity index (χ0n) is 17.7. The summed E-state index contributed by atoms with van der Waals surface area (Å²) in [4.78, 5) is 46.3. The van der Waals surface area contributed by atoms with Gasteiger partial charge in [0.1, 0.15) is 12.0 Å². The maximum atomic E-state index is 12.3. The normalized spacial score (nSPS) is 26.1. The van der Waals surface area contributed by atoms with Crippen LogP contribution >= 0.6 is 0 Å². The number of nitrogens with zero attached hydrogens (tertiary/aromatic N) is 1. The highest BCUT2D eigenvalue weighted by Gasteiger charge is 2.51. The van der Waals surface area contributed by atoms with Crippen LogP contribution in [0.2, 0.25) is 0 Å². The number of carboxylic acid groups (broad SMARTS) is 2. The summed E-state index contributed by atoms with van der Waals surface area (Å²) in [5.41, 5.74) is 0.511. The third-order valence-electron chi connectivity index (χ3n) is 5.76. The number of carboxylic acids is 2. The summed E-state index contributed by atoms with van der Waals surface area (Å²) in [6, 6.07) is 9.36. The molecule has 2 fully saturated rings. The molecule has 176 valence electrons. The van der Waals surface area contributed by atoms with E-state index in [1.54, 1.807) is 24.3 Å². The molecule has 2 heterocycles. The van der Waals surface area contributed by atoms with Crippen molar-refractivity contribution in [1.82, 2.24) is 4.90 Å². The van der Waals surface area contributed by atoms with Gasteiger partial charge in [0.2, 0.25) is 0 Å². The molecule has 6 atom stereocenters. The summed E-state index contributed by atoms with van der Waals surface area (Å²) < 4.78 is 10.6. The highest BCUT2D eigenvalue weighted by molar-refractivity contribution is 5.89. The van der Waals surface area contributed by atoms with Crippen molar-refractivity contribution in [2.45, 2.75) is 49.7 Å². The SMILES string of the molecule is COC(=O)[C@@H]1[C@@H](OC(=O)c2ccccc2)C[C@@H]2CC[C@H]1N2C.O=C(O)[C@H](O)[C@@H](O)C(=O)O. The van der Waals surface area contributed by atoms with Crippen molar-refractivity contribution in [3.63, 3.8) is 0 Å². The Labute approximate surface area is 184 Å². The molecule has 0 unspecified atom stereocenters. The highest BCUT2D eigenvalue weighted by atomic mass is 16.6. The van der Waals surface area contributed by atoms with Crippen LogP contribution in [0.5, 0.6) is 0 Å². The number of benzene rings is 1. The first-order chi connectivity index (χ1) is 15.1. The van der Waals surface area contributed by atoms with Gasteiger partial charge >= 0.3 is 23.9 Å². The average molecular weight is 453 g/mol. The maximum absolute atomic E-state index is 12.3. The van der Waals surface area contributed by atoms with Crippen LogP contribution in [-0.4, -0.2) is 93.8 Å². The monoisotopic (exact) mass is 453 g/mol. The Morgan fingerprint density at radius 1 is 1.00 bits per heavy atom. The average Bonchev–Trinajstić information content (AvgIpc) is 3.01. The summed E-state index contributed by atoms with van der Waals surface area (Å²) in [7, 11) is 3.42. The van der Waals surface area contributed by atoms with E-state index in [0.717, 1.165) is 12.8 Å². The number of aliphatic hydroxyl groups excluding tert-OH is 2. The molecule has 2 aliphatic rings. The second-order valence-electron chi connectivity index (χ2n) is 7.62. The number of hydrogen-bond donors (Lipinski definition) is 4. The molecule has 2 aliphatic heterocycles. The van der Waals surface area contributed by atoms with Gasteiger partial charge in [-0.2, -0.15) is 0 Å². The van der Waals surface area contributed by atoms with Crippen molar-refractivity contribution >= 4 is 23.9 Å². The van der Waals surface area contributed by atoms with E-state index in [-0.39, 0.29) is 18.0 Å². The molecule has 0 aromatic heterocycles. The molecule has 3 rings (SSSR count). The fourth-order valence-electron chi connectivity index (χ4n) is 4.04. The molecular weight excluding hydrogens is 426 g/mol. The molecule has 1 aromatic rings. The lowest BCUT2D eigenvalue weighted by molar-refractivity contribution is -0.165. The topological polar surface area (TPSA) is 171 Å². The molecule has 4 N–H and O–H groups in total. The predicted molar refractivity (Wildman–Crippen MR) is 108 cm³/mol. The fourth-order valence-corrected chi connectivity index (χ4v) is 4.04. The lowest BCUT2D eigenvalue weighted by Crippen LogP contribution is -2.53. The lowest BCUT2D eigenvalue weighted by atomic mass is 9.87. The van der Waals surface area contributed by atoms with Gasteiger partial charge in [-0.05, 0) is 32.0 Å². The number of carbonyl (C=O) groups is 4. The molecular formula is C21H27NO10. The number of piperidine rings is 1. The highest BCUT2D eigenvalue weighted by Crippen LogP contribution is 2.40. The van der Waals surface area contributed by atoms with Crippen LogP contribution in [0.15, 0.2) is 30.3 Å². The van der Waals surface area contributed by atoms with Gasteiger partial charge in [-0.3, -0.25) is 9.69 Å². The zero-order valence-corrected chi connectivity index (χ0v) is 17.7. The zero-order chi connectivity index (χ0) is 24.0. The van der Waals surface area contributed by atoms with E-state index < -0.39 is 36.2 Å². The van der Waals surface area contributed by atoms with E-state index >= 15 is 0 Å². The Balaban J connectivity index is 0.000000309.